The average Bonchev–Trinajstić information content (AvgIpc) is 2.24. The zero-order valence-corrected chi connectivity index (χ0v) is 10.6. The van der Waals surface area contributed by atoms with E-state index in [4.69, 9.17) is 5.26 Å². The molecule has 1 aromatic rings. The van der Waals surface area contributed by atoms with Gasteiger partial charge >= 0.3 is 0 Å². The molecule has 1 aromatic carbocycles. The van der Waals surface area contributed by atoms with Crippen molar-refractivity contribution in [2.24, 2.45) is 0 Å². The number of hydrogen-bond acceptors (Lipinski definition) is 3. The standard InChI is InChI=1S/C13H20O3/c1-7-8(2)10(4)13(11(5)9(7)3)12(14)6-16-15/h12,14-15H,6H2,1-5H3. The van der Waals surface area contributed by atoms with Crippen LogP contribution in [0.1, 0.15) is 39.5 Å². The summed E-state index contributed by atoms with van der Waals surface area (Å²) in [6.07, 6.45) is -0.775. The molecule has 90 valence electrons. The van der Waals surface area contributed by atoms with Gasteiger partial charge in [0, 0.05) is 0 Å². The first kappa shape index (κ1) is 13.2. The smallest absolute Gasteiger partial charge is 0.112 e. The maximum atomic E-state index is 9.94. The third-order valence-electron chi connectivity index (χ3n) is 3.62. The van der Waals surface area contributed by atoms with Gasteiger partial charge in [-0.05, 0) is 68.0 Å². The van der Waals surface area contributed by atoms with Gasteiger partial charge in [0.05, 0.1) is 0 Å². The first-order valence-electron chi connectivity index (χ1n) is 5.43. The number of aliphatic hydroxyl groups is 1. The highest BCUT2D eigenvalue weighted by Crippen LogP contribution is 2.30. The highest BCUT2D eigenvalue weighted by molar-refractivity contribution is 5.50. The van der Waals surface area contributed by atoms with E-state index in [0.717, 1.165) is 16.7 Å². The van der Waals surface area contributed by atoms with Crippen molar-refractivity contribution in [3.63, 3.8) is 0 Å². The molecule has 0 radical (unpaired) electrons. The molecule has 0 amide bonds. The van der Waals surface area contributed by atoms with Gasteiger partial charge in [0.1, 0.15) is 12.7 Å². The van der Waals surface area contributed by atoms with Crippen LogP contribution in [0.4, 0.5) is 0 Å². The van der Waals surface area contributed by atoms with Gasteiger partial charge in [0.2, 0.25) is 0 Å². The minimum atomic E-state index is -0.775. The average molecular weight is 224 g/mol. The summed E-state index contributed by atoms with van der Waals surface area (Å²) in [7, 11) is 0. The van der Waals surface area contributed by atoms with Crippen LogP contribution in [0.2, 0.25) is 0 Å². The Bertz CT molecular complexity index is 368. The molecular weight excluding hydrogens is 204 g/mol. The summed E-state index contributed by atoms with van der Waals surface area (Å²) in [6.45, 7) is 10.1. The number of benzene rings is 1. The van der Waals surface area contributed by atoms with Crippen molar-refractivity contribution in [1.82, 2.24) is 0 Å². The second-order valence-corrected chi connectivity index (χ2v) is 4.35. The minimum Gasteiger partial charge on any atom is -0.386 e. The second kappa shape index (κ2) is 4.95. The van der Waals surface area contributed by atoms with Crippen molar-refractivity contribution < 1.29 is 15.3 Å². The fourth-order valence-corrected chi connectivity index (χ4v) is 2.18. The quantitative estimate of drug-likeness (QED) is 0.613. The van der Waals surface area contributed by atoms with E-state index in [1.807, 2.05) is 27.7 Å². The molecule has 0 aromatic heterocycles. The van der Waals surface area contributed by atoms with Gasteiger partial charge in [-0.3, -0.25) is 5.26 Å². The molecule has 3 heteroatoms. The van der Waals surface area contributed by atoms with E-state index in [0.29, 0.717) is 0 Å². The van der Waals surface area contributed by atoms with Gasteiger partial charge in [-0.2, -0.15) is 0 Å². The lowest BCUT2D eigenvalue weighted by Crippen LogP contribution is -2.12. The van der Waals surface area contributed by atoms with Crippen LogP contribution in [0.3, 0.4) is 0 Å². The van der Waals surface area contributed by atoms with E-state index in [-0.39, 0.29) is 6.61 Å². The van der Waals surface area contributed by atoms with Crippen LogP contribution in [0.25, 0.3) is 0 Å². The molecule has 0 aliphatic carbocycles. The second-order valence-electron chi connectivity index (χ2n) is 4.35. The normalized spacial score (nSPS) is 12.9. The Morgan fingerprint density at radius 2 is 1.25 bits per heavy atom. The number of hydrogen-bond donors (Lipinski definition) is 2. The molecule has 0 saturated heterocycles. The van der Waals surface area contributed by atoms with E-state index in [1.54, 1.807) is 0 Å². The Balaban J connectivity index is 3.39. The van der Waals surface area contributed by atoms with Crippen molar-refractivity contribution in [2.75, 3.05) is 6.61 Å². The lowest BCUT2D eigenvalue weighted by Gasteiger charge is -2.21. The molecule has 0 spiro atoms. The summed E-state index contributed by atoms with van der Waals surface area (Å²) >= 11 is 0. The summed E-state index contributed by atoms with van der Waals surface area (Å²) in [6, 6.07) is 0. The topological polar surface area (TPSA) is 49.7 Å². The van der Waals surface area contributed by atoms with Crippen molar-refractivity contribution in [3.8, 4) is 0 Å². The Labute approximate surface area is 96.6 Å². The molecule has 2 N–H and O–H groups in total. The Hall–Kier alpha value is -0.900. The van der Waals surface area contributed by atoms with Crippen LogP contribution in [0, 0.1) is 34.6 Å². The van der Waals surface area contributed by atoms with Gasteiger partial charge in [-0.15, -0.1) is 0 Å². The van der Waals surface area contributed by atoms with Gasteiger partial charge in [-0.25, -0.2) is 4.89 Å². The molecule has 1 atom stereocenters. The predicted molar refractivity (Wildman–Crippen MR) is 63.7 cm³/mol. The molecule has 0 aliphatic rings. The number of aliphatic hydroxyl groups excluding tert-OH is 1. The van der Waals surface area contributed by atoms with Crippen LogP contribution < -0.4 is 0 Å². The Morgan fingerprint density at radius 1 is 0.875 bits per heavy atom. The molecule has 1 unspecified atom stereocenters. The molecule has 0 aliphatic heterocycles. The third-order valence-corrected chi connectivity index (χ3v) is 3.62. The molecule has 0 bridgehead atoms. The summed E-state index contributed by atoms with van der Waals surface area (Å²) in [5.74, 6) is 0. The molecule has 0 fully saturated rings. The maximum absolute atomic E-state index is 9.94. The SMILES string of the molecule is Cc1c(C)c(C)c(C(O)COO)c(C)c1C. The van der Waals surface area contributed by atoms with E-state index in [1.165, 1.54) is 16.7 Å². The van der Waals surface area contributed by atoms with Crippen LogP contribution in [-0.4, -0.2) is 17.0 Å². The van der Waals surface area contributed by atoms with Crippen LogP contribution in [-0.2, 0) is 4.89 Å². The largest absolute Gasteiger partial charge is 0.386 e. The lowest BCUT2D eigenvalue weighted by molar-refractivity contribution is -0.257. The maximum Gasteiger partial charge on any atom is 0.112 e. The minimum absolute atomic E-state index is 0.0936. The lowest BCUT2D eigenvalue weighted by atomic mass is 9.87. The van der Waals surface area contributed by atoms with Gasteiger partial charge in [0.25, 0.3) is 0 Å². The molecule has 3 nitrogen and oxygen atoms in total. The van der Waals surface area contributed by atoms with Gasteiger partial charge in [0.15, 0.2) is 0 Å². The molecule has 0 saturated carbocycles. The predicted octanol–water partition coefficient (Wildman–Crippen LogP) is 2.75. The fourth-order valence-electron chi connectivity index (χ4n) is 2.18. The van der Waals surface area contributed by atoms with Crippen molar-refractivity contribution in [2.45, 2.75) is 40.7 Å². The molecule has 0 heterocycles. The fraction of sp³-hybridized carbons (Fsp3) is 0.538. The zero-order chi connectivity index (χ0) is 12.5. The summed E-state index contributed by atoms with van der Waals surface area (Å²) < 4.78 is 0. The molecule has 1 rings (SSSR count). The van der Waals surface area contributed by atoms with E-state index >= 15 is 0 Å². The summed E-state index contributed by atoms with van der Waals surface area (Å²) in [4.78, 5) is 4.03. The summed E-state index contributed by atoms with van der Waals surface area (Å²) in [5.41, 5.74) is 6.66. The van der Waals surface area contributed by atoms with Gasteiger partial charge in [-0.1, -0.05) is 0 Å². The van der Waals surface area contributed by atoms with Crippen molar-refractivity contribution in [1.29, 1.82) is 0 Å². The first-order chi connectivity index (χ1) is 7.41. The first-order valence-corrected chi connectivity index (χ1v) is 5.43. The van der Waals surface area contributed by atoms with E-state index < -0.39 is 6.10 Å². The van der Waals surface area contributed by atoms with Crippen molar-refractivity contribution in [3.05, 3.63) is 33.4 Å². The van der Waals surface area contributed by atoms with Crippen molar-refractivity contribution >= 4 is 0 Å². The van der Waals surface area contributed by atoms with E-state index in [9.17, 15) is 5.11 Å². The van der Waals surface area contributed by atoms with Crippen LogP contribution in [0.15, 0.2) is 0 Å². The molecule has 16 heavy (non-hydrogen) atoms. The van der Waals surface area contributed by atoms with Crippen LogP contribution >= 0.6 is 0 Å². The Kier molecular flexibility index (Phi) is 4.08. The Morgan fingerprint density at radius 3 is 1.62 bits per heavy atom. The zero-order valence-electron chi connectivity index (χ0n) is 10.6. The highest BCUT2D eigenvalue weighted by atomic mass is 17.1. The molecular formula is C13H20O3. The van der Waals surface area contributed by atoms with Crippen LogP contribution in [0.5, 0.6) is 0 Å². The third kappa shape index (κ3) is 2.12. The van der Waals surface area contributed by atoms with E-state index in [2.05, 4.69) is 11.8 Å². The monoisotopic (exact) mass is 224 g/mol. The highest BCUT2D eigenvalue weighted by Gasteiger charge is 2.18. The summed E-state index contributed by atoms with van der Waals surface area (Å²) in [5, 5.41) is 18.3. The van der Waals surface area contributed by atoms with Gasteiger partial charge < -0.3 is 5.11 Å². The number of rotatable bonds is 3.